The van der Waals surface area contributed by atoms with Gasteiger partial charge in [-0.15, -0.1) is 0 Å². The highest BCUT2D eigenvalue weighted by Gasteiger charge is 2.30. The Hall–Kier alpha value is -3.41. The summed E-state index contributed by atoms with van der Waals surface area (Å²) in [5.74, 6) is 1.12. The molecule has 0 N–H and O–H groups in total. The molecule has 1 aliphatic heterocycles. The molecule has 1 amide bonds. The van der Waals surface area contributed by atoms with E-state index in [0.29, 0.717) is 6.54 Å². The topological polar surface area (TPSA) is 62.5 Å². The minimum Gasteiger partial charge on any atom is -0.450 e. The summed E-state index contributed by atoms with van der Waals surface area (Å²) in [5, 5.41) is 1.01. The predicted octanol–water partition coefficient (Wildman–Crippen LogP) is 4.64. The lowest BCUT2D eigenvalue weighted by Crippen LogP contribution is -2.42. The first kappa shape index (κ1) is 19.5. The van der Waals surface area contributed by atoms with Crippen LogP contribution in [0.5, 0.6) is 0 Å². The number of anilines is 1. The van der Waals surface area contributed by atoms with Gasteiger partial charge in [0.25, 0.3) is 0 Å². The highest BCUT2D eigenvalue weighted by molar-refractivity contribution is 6.05. The largest absolute Gasteiger partial charge is 0.450 e. The fourth-order valence-electron chi connectivity index (χ4n) is 4.48. The average molecular weight is 415 g/mol. The molecule has 3 heterocycles. The van der Waals surface area contributed by atoms with Gasteiger partial charge < -0.3 is 14.2 Å². The molecule has 1 aliphatic rings. The zero-order chi connectivity index (χ0) is 21.2. The number of fused-ring (bicyclic) bond motifs is 3. The summed E-state index contributed by atoms with van der Waals surface area (Å²) in [6.45, 7) is 5.00. The first-order valence-corrected chi connectivity index (χ1v) is 10.9. The zero-order valence-electron chi connectivity index (χ0n) is 17.7. The number of furan rings is 1. The Bertz CT molecular complexity index is 1200. The number of aromatic nitrogens is 2. The third kappa shape index (κ3) is 3.74. The fourth-order valence-corrected chi connectivity index (χ4v) is 4.48. The lowest BCUT2D eigenvalue weighted by Gasteiger charge is -2.34. The Morgan fingerprint density at radius 1 is 1.06 bits per heavy atom. The van der Waals surface area contributed by atoms with E-state index in [1.54, 1.807) is 6.33 Å². The van der Waals surface area contributed by atoms with Crippen molar-refractivity contribution in [1.82, 2.24) is 14.9 Å². The van der Waals surface area contributed by atoms with E-state index >= 15 is 0 Å². The number of amides is 1. The quantitative estimate of drug-likeness (QED) is 0.476. The molecule has 31 heavy (non-hydrogen) atoms. The van der Waals surface area contributed by atoms with E-state index < -0.39 is 0 Å². The number of hydrogen-bond donors (Lipinski definition) is 0. The minimum absolute atomic E-state index is 0.0490. The maximum atomic E-state index is 13.2. The van der Waals surface area contributed by atoms with Gasteiger partial charge in [0.15, 0.2) is 11.4 Å². The minimum atomic E-state index is 0.0490. The Kier molecular flexibility index (Phi) is 5.28. The molecule has 1 saturated heterocycles. The second-order valence-corrected chi connectivity index (χ2v) is 8.07. The van der Waals surface area contributed by atoms with Crippen molar-refractivity contribution in [2.24, 2.45) is 5.92 Å². The summed E-state index contributed by atoms with van der Waals surface area (Å²) in [6, 6.07) is 18.1. The molecule has 1 fully saturated rings. The van der Waals surface area contributed by atoms with Gasteiger partial charge in [-0.1, -0.05) is 42.5 Å². The standard InChI is InChI=1S/C25H26N4O2/c1-2-28(16-18-8-4-3-5-9-18)25(30)19-12-14-29(15-13-19)24-23-22(26-17-27-24)20-10-6-7-11-21(20)31-23/h3-11,17,19H,2,12-16H2,1H3. The molecule has 4 aromatic rings. The van der Waals surface area contributed by atoms with Crippen molar-refractivity contribution in [1.29, 1.82) is 0 Å². The number of para-hydroxylation sites is 1. The molecule has 6 heteroatoms. The van der Waals surface area contributed by atoms with Crippen LogP contribution in [-0.4, -0.2) is 40.4 Å². The maximum Gasteiger partial charge on any atom is 0.226 e. The number of benzene rings is 2. The van der Waals surface area contributed by atoms with Gasteiger partial charge in [-0.2, -0.15) is 0 Å². The van der Waals surface area contributed by atoms with Gasteiger partial charge in [0.05, 0.1) is 0 Å². The van der Waals surface area contributed by atoms with Gasteiger partial charge in [-0.3, -0.25) is 4.79 Å². The zero-order valence-corrected chi connectivity index (χ0v) is 17.7. The Labute approximate surface area is 181 Å². The Morgan fingerprint density at radius 3 is 2.58 bits per heavy atom. The predicted molar refractivity (Wildman–Crippen MR) is 122 cm³/mol. The van der Waals surface area contributed by atoms with E-state index in [-0.39, 0.29) is 11.8 Å². The molecular formula is C25H26N4O2. The number of hydrogen-bond acceptors (Lipinski definition) is 5. The highest BCUT2D eigenvalue weighted by Crippen LogP contribution is 2.34. The SMILES string of the molecule is CCN(Cc1ccccc1)C(=O)C1CCN(c2ncnc3c2oc2ccccc23)CC1. The molecule has 0 bridgehead atoms. The summed E-state index contributed by atoms with van der Waals surface area (Å²) in [6.07, 6.45) is 3.24. The molecule has 0 saturated carbocycles. The average Bonchev–Trinajstić information content (AvgIpc) is 3.22. The molecule has 0 unspecified atom stereocenters. The highest BCUT2D eigenvalue weighted by atomic mass is 16.3. The third-order valence-electron chi connectivity index (χ3n) is 6.19. The third-order valence-corrected chi connectivity index (χ3v) is 6.19. The fraction of sp³-hybridized carbons (Fsp3) is 0.320. The summed E-state index contributed by atoms with van der Waals surface area (Å²) in [5.41, 5.74) is 3.57. The van der Waals surface area contributed by atoms with Crippen molar-refractivity contribution < 1.29 is 9.21 Å². The Balaban J connectivity index is 1.30. The van der Waals surface area contributed by atoms with Crippen LogP contribution in [0, 0.1) is 5.92 Å². The van der Waals surface area contributed by atoms with Gasteiger partial charge in [0.1, 0.15) is 17.4 Å². The van der Waals surface area contributed by atoms with E-state index in [1.807, 2.05) is 47.4 Å². The van der Waals surface area contributed by atoms with Crippen molar-refractivity contribution >= 4 is 33.8 Å². The van der Waals surface area contributed by atoms with E-state index in [4.69, 9.17) is 4.42 Å². The van der Waals surface area contributed by atoms with Crippen LogP contribution in [0.2, 0.25) is 0 Å². The molecule has 0 atom stereocenters. The Morgan fingerprint density at radius 2 is 1.81 bits per heavy atom. The molecule has 0 radical (unpaired) electrons. The van der Waals surface area contributed by atoms with Gasteiger partial charge >= 0.3 is 0 Å². The number of carbonyl (C=O) groups excluding carboxylic acids is 1. The van der Waals surface area contributed by atoms with Crippen molar-refractivity contribution in [2.45, 2.75) is 26.3 Å². The smallest absolute Gasteiger partial charge is 0.226 e. The second-order valence-electron chi connectivity index (χ2n) is 8.07. The number of piperidine rings is 1. The monoisotopic (exact) mass is 414 g/mol. The summed E-state index contributed by atoms with van der Waals surface area (Å²) >= 11 is 0. The summed E-state index contributed by atoms with van der Waals surface area (Å²) < 4.78 is 6.09. The summed E-state index contributed by atoms with van der Waals surface area (Å²) in [7, 11) is 0. The van der Waals surface area contributed by atoms with Crippen LogP contribution in [-0.2, 0) is 11.3 Å². The molecule has 6 nitrogen and oxygen atoms in total. The van der Waals surface area contributed by atoms with Gasteiger partial charge in [0.2, 0.25) is 5.91 Å². The molecule has 0 aliphatic carbocycles. The second kappa shape index (κ2) is 8.38. The van der Waals surface area contributed by atoms with Gasteiger partial charge in [0, 0.05) is 37.5 Å². The number of carbonyl (C=O) groups is 1. The van der Waals surface area contributed by atoms with Crippen LogP contribution in [0.3, 0.4) is 0 Å². The van der Waals surface area contributed by atoms with Crippen molar-refractivity contribution in [3.05, 3.63) is 66.5 Å². The summed E-state index contributed by atoms with van der Waals surface area (Å²) in [4.78, 5) is 26.3. The number of rotatable bonds is 5. The normalized spacial score (nSPS) is 14.9. The number of nitrogens with zero attached hydrogens (tertiary/aromatic N) is 4. The molecule has 0 spiro atoms. The van der Waals surface area contributed by atoms with Crippen molar-refractivity contribution in [3.8, 4) is 0 Å². The van der Waals surface area contributed by atoms with Crippen molar-refractivity contribution in [3.63, 3.8) is 0 Å². The first-order valence-electron chi connectivity index (χ1n) is 10.9. The molecule has 5 rings (SSSR count). The van der Waals surface area contributed by atoms with Crippen LogP contribution >= 0.6 is 0 Å². The molecule has 2 aromatic heterocycles. The van der Waals surface area contributed by atoms with E-state index in [0.717, 1.165) is 60.4 Å². The van der Waals surface area contributed by atoms with E-state index in [2.05, 4.69) is 33.9 Å². The van der Waals surface area contributed by atoms with E-state index in [1.165, 1.54) is 5.56 Å². The van der Waals surface area contributed by atoms with Crippen LogP contribution in [0.1, 0.15) is 25.3 Å². The van der Waals surface area contributed by atoms with Crippen molar-refractivity contribution in [2.75, 3.05) is 24.5 Å². The van der Waals surface area contributed by atoms with Crippen LogP contribution in [0.25, 0.3) is 22.1 Å². The van der Waals surface area contributed by atoms with Gasteiger partial charge in [-0.05, 0) is 37.5 Å². The first-order chi connectivity index (χ1) is 15.2. The maximum absolute atomic E-state index is 13.2. The molecular weight excluding hydrogens is 388 g/mol. The van der Waals surface area contributed by atoms with Crippen LogP contribution < -0.4 is 4.90 Å². The van der Waals surface area contributed by atoms with E-state index in [9.17, 15) is 4.79 Å². The lowest BCUT2D eigenvalue weighted by molar-refractivity contribution is -0.136. The van der Waals surface area contributed by atoms with Crippen LogP contribution in [0.4, 0.5) is 5.82 Å². The molecule has 2 aromatic carbocycles. The molecule has 158 valence electrons. The van der Waals surface area contributed by atoms with Crippen LogP contribution in [0.15, 0.2) is 65.3 Å². The lowest BCUT2D eigenvalue weighted by atomic mass is 9.95. The van der Waals surface area contributed by atoms with Gasteiger partial charge in [-0.25, -0.2) is 9.97 Å².